The van der Waals surface area contributed by atoms with Crippen LogP contribution in [-0.4, -0.2) is 54.6 Å². The predicted octanol–water partition coefficient (Wildman–Crippen LogP) is 26.3. The van der Waals surface area contributed by atoms with Gasteiger partial charge in [0.15, 0.2) is 0 Å². The zero-order chi connectivity index (χ0) is 66.5. The van der Waals surface area contributed by atoms with Gasteiger partial charge in [0.25, 0.3) is 0 Å². The average Bonchev–Trinajstić information content (AvgIpc) is 0.846. The van der Waals surface area contributed by atoms with E-state index in [1.807, 2.05) is 0 Å². The summed E-state index contributed by atoms with van der Waals surface area (Å²) in [5, 5.41) is 19.3. The molecule has 0 aromatic heterocycles. The van der Waals surface area contributed by atoms with Gasteiger partial charge in [0.1, 0.15) is 0 Å². The largest absolute Gasteiger partial charge is 1.00 e. The Hall–Kier alpha value is -8.72. The van der Waals surface area contributed by atoms with Gasteiger partial charge in [-0.15, -0.1) is 0 Å². The zero-order valence-corrected chi connectivity index (χ0v) is 67.6. The first kappa shape index (κ1) is 71.6. The summed E-state index contributed by atoms with van der Waals surface area (Å²) in [7, 11) is 0. The molecule has 96 heavy (non-hydrogen) atoms. The summed E-state index contributed by atoms with van der Waals surface area (Å²) < 4.78 is 0. The van der Waals surface area contributed by atoms with Crippen LogP contribution >= 0.6 is 0 Å². The standard InChI is InChI=1S/2C44H42N3.2Tl/c2*1-27-15-28(2)20-35(19-27)39-11-9-12-40(36-21-29(3)16-30(4)22-36)43(39)45-47-46-44-41(37-23-31(5)17-32(6)24-37)13-10-14-42(44)38-25-33(7)18-34(8)26-38;;/h2*9-26H,1-8H3;;/q2*-1;2*+1. The van der Waals surface area contributed by atoms with Gasteiger partial charge in [0, 0.05) is 0 Å². The monoisotopic (exact) mass is 1630 g/mol. The maximum Gasteiger partial charge on any atom is 1.00 e. The molecule has 0 unspecified atom stereocenters. The number of benzene rings is 12. The molecular weight excluding hydrogens is 1550 g/mol. The molecule has 0 radical (unpaired) electrons. The Labute approximate surface area is 610 Å². The Morgan fingerprint density at radius 3 is 0.479 bits per heavy atom. The third-order valence-corrected chi connectivity index (χ3v) is 17.0. The first-order valence-electron chi connectivity index (χ1n) is 32.5. The normalized spacial score (nSPS) is 11.1. The molecule has 0 aliphatic heterocycles. The van der Waals surface area contributed by atoms with E-state index in [9.17, 15) is 0 Å². The summed E-state index contributed by atoms with van der Waals surface area (Å²) in [4.78, 5) is 0. The minimum Gasteiger partial charge on any atom is -0.349 e. The molecule has 8 heteroatoms. The number of rotatable bonds is 14. The van der Waals surface area contributed by atoms with Gasteiger partial charge < -0.3 is 21.1 Å². The second-order valence-corrected chi connectivity index (χ2v) is 26.4. The van der Waals surface area contributed by atoms with Crippen molar-refractivity contribution in [1.29, 1.82) is 0 Å². The van der Waals surface area contributed by atoms with E-state index in [1.54, 1.807) is 0 Å². The number of hydrogen-bond donors (Lipinski definition) is 0. The van der Waals surface area contributed by atoms with E-state index in [0.29, 0.717) is 0 Å². The van der Waals surface area contributed by atoms with Crippen molar-refractivity contribution in [2.45, 2.75) is 111 Å². The summed E-state index contributed by atoms with van der Waals surface area (Å²) in [6, 6.07) is 78.7. The van der Waals surface area contributed by atoms with Crippen molar-refractivity contribution in [3.63, 3.8) is 0 Å². The number of hydrogen-bond acceptors (Lipinski definition) is 4. The Morgan fingerprint density at radius 2 is 0.323 bits per heavy atom. The first-order chi connectivity index (χ1) is 45.1. The van der Waals surface area contributed by atoms with Crippen LogP contribution < -0.4 is 0 Å². The summed E-state index contributed by atoms with van der Waals surface area (Å²) in [5.41, 5.74) is 49.8. The fourth-order valence-corrected chi connectivity index (χ4v) is 13.7. The van der Waals surface area contributed by atoms with Gasteiger partial charge in [-0.25, -0.2) is 0 Å². The van der Waals surface area contributed by atoms with Crippen molar-refractivity contribution >= 4 is 77.3 Å². The van der Waals surface area contributed by atoms with Crippen LogP contribution in [0.25, 0.3) is 99.9 Å². The van der Waals surface area contributed by atoms with Gasteiger partial charge in [-0.2, -0.15) is 0 Å². The third kappa shape index (κ3) is 17.3. The second kappa shape index (κ2) is 31.4. The quantitative estimate of drug-likeness (QED) is 0.0591. The van der Waals surface area contributed by atoms with Gasteiger partial charge in [-0.3, -0.25) is 10.4 Å². The molecule has 0 N–H and O–H groups in total. The molecule has 0 heterocycles. The molecule has 0 spiro atoms. The van der Waals surface area contributed by atoms with E-state index < -0.39 is 0 Å². The van der Waals surface area contributed by atoms with Gasteiger partial charge in [-0.05, 0) is 223 Å². The fraction of sp³-hybridized carbons (Fsp3) is 0.182. The van der Waals surface area contributed by atoms with Crippen LogP contribution in [0.3, 0.4) is 0 Å². The number of nitrogens with zero attached hydrogens (tertiary/aromatic N) is 6. The van der Waals surface area contributed by atoms with E-state index in [2.05, 4.69) is 340 Å². The minimum atomic E-state index is 0. The number of aryl methyl sites for hydroxylation is 16. The van der Waals surface area contributed by atoms with Crippen molar-refractivity contribution in [2.75, 3.05) is 0 Å². The van der Waals surface area contributed by atoms with E-state index >= 15 is 0 Å². The Morgan fingerprint density at radius 1 is 0.188 bits per heavy atom. The molecule has 0 saturated heterocycles. The molecule has 472 valence electrons. The van der Waals surface area contributed by atoms with Crippen LogP contribution in [0.1, 0.15) is 89.0 Å². The average molecular weight is 1630 g/mol. The summed E-state index contributed by atoms with van der Waals surface area (Å²) in [5.74, 6) is 0. The Bertz CT molecular complexity index is 4190. The van der Waals surface area contributed by atoms with Crippen molar-refractivity contribution in [3.05, 3.63) is 318 Å². The molecular formula is C88H84N6Tl2. The van der Waals surface area contributed by atoms with Gasteiger partial charge in [-0.1, -0.05) is 307 Å². The summed E-state index contributed by atoms with van der Waals surface area (Å²) in [6.07, 6.45) is 0. The van der Waals surface area contributed by atoms with Crippen LogP contribution in [-0.2, 0) is 0 Å². The van der Waals surface area contributed by atoms with Crippen LogP contribution in [0.5, 0.6) is 0 Å². The summed E-state index contributed by atoms with van der Waals surface area (Å²) >= 11 is 0. The minimum absolute atomic E-state index is 0. The van der Waals surface area contributed by atoms with Crippen molar-refractivity contribution in [1.82, 2.24) is 0 Å². The molecule has 0 atom stereocenters. The van der Waals surface area contributed by atoms with Crippen molar-refractivity contribution in [2.24, 2.45) is 20.7 Å². The van der Waals surface area contributed by atoms with Crippen LogP contribution in [0, 0.1) is 111 Å². The van der Waals surface area contributed by atoms with E-state index in [4.69, 9.17) is 21.1 Å². The molecule has 0 aliphatic rings. The SMILES string of the molecule is Cc1cc(C)cc(-c2cccc(-c3cc(C)cc(C)c3)c2N=N[N-]c2c(-c3cc(C)cc(C)c3)cccc2-c2cc(C)cc(C)c2)c1.Cc1cc(C)cc(-c2cccc(-c3cc(C)cc(C)c3)c2N=N[N-]c2c(-c3cc(C)cc(C)c3)cccc2-c2cc(C)cc(C)c2)c1.[Tl+].[Tl+]. The van der Waals surface area contributed by atoms with Crippen LogP contribution in [0.15, 0.2) is 239 Å². The van der Waals surface area contributed by atoms with E-state index in [1.165, 1.54) is 89.0 Å². The topological polar surface area (TPSA) is 77.6 Å². The molecule has 12 aromatic carbocycles. The van der Waals surface area contributed by atoms with Crippen molar-refractivity contribution in [3.8, 4) is 89.0 Å². The molecule has 0 aliphatic carbocycles. The predicted molar refractivity (Wildman–Crippen MR) is 412 cm³/mol. The smallest absolute Gasteiger partial charge is 0.349 e. The Kier molecular flexibility index (Phi) is 23.4. The molecule has 6 nitrogen and oxygen atoms in total. The van der Waals surface area contributed by atoms with Crippen LogP contribution in [0.2, 0.25) is 0 Å². The van der Waals surface area contributed by atoms with Crippen molar-refractivity contribution < 1.29 is 0 Å². The molecule has 12 aromatic rings. The van der Waals surface area contributed by atoms with Crippen LogP contribution in [0.4, 0.5) is 22.7 Å². The van der Waals surface area contributed by atoms with E-state index in [-0.39, 0.29) is 54.6 Å². The maximum atomic E-state index is 4.97. The van der Waals surface area contributed by atoms with Gasteiger partial charge in [0.2, 0.25) is 0 Å². The summed E-state index contributed by atoms with van der Waals surface area (Å²) in [6.45, 7) is 34.2. The third-order valence-electron chi connectivity index (χ3n) is 17.0. The van der Waals surface area contributed by atoms with E-state index in [0.717, 1.165) is 112 Å². The maximum absolute atomic E-state index is 4.97. The first-order valence-corrected chi connectivity index (χ1v) is 32.5. The Balaban J connectivity index is 0.000000221. The van der Waals surface area contributed by atoms with Gasteiger partial charge >= 0.3 is 54.6 Å². The molecule has 12 rings (SSSR count). The fourth-order valence-electron chi connectivity index (χ4n) is 13.7. The molecule has 0 saturated carbocycles. The molecule has 0 fully saturated rings. The zero-order valence-electron chi connectivity index (χ0n) is 58.6. The second-order valence-electron chi connectivity index (χ2n) is 26.4. The van der Waals surface area contributed by atoms with Gasteiger partial charge in [0.05, 0.1) is 0 Å². The molecule has 0 bridgehead atoms. The molecule has 0 amide bonds.